The van der Waals surface area contributed by atoms with Crippen LogP contribution in [0, 0.1) is 0 Å². The number of benzene rings is 3. The standard InChI is InChI=1S/C21H14BrNO3/c22-14-8-11-17-18(12-14)23-21(25)19(20(17)24)13-6-9-16(10-7-13)26-15-4-2-1-3-5-15/h1-12H,(H2,23,24,25). The van der Waals surface area contributed by atoms with Crippen molar-refractivity contribution in [2.24, 2.45) is 0 Å². The fourth-order valence-corrected chi connectivity index (χ4v) is 3.20. The van der Waals surface area contributed by atoms with Crippen molar-refractivity contribution in [1.29, 1.82) is 0 Å². The van der Waals surface area contributed by atoms with Crippen molar-refractivity contribution in [3.63, 3.8) is 0 Å². The van der Waals surface area contributed by atoms with Crippen molar-refractivity contribution >= 4 is 26.8 Å². The quantitative estimate of drug-likeness (QED) is 0.474. The maximum atomic E-state index is 12.5. The lowest BCUT2D eigenvalue weighted by Crippen LogP contribution is -2.09. The predicted octanol–water partition coefficient (Wildman–Crippen LogP) is 5.46. The van der Waals surface area contributed by atoms with Gasteiger partial charge in [-0.15, -0.1) is 0 Å². The SMILES string of the molecule is O=c1[nH]c2cc(Br)ccc2c(O)c1-c1ccc(Oc2ccccc2)cc1. The Balaban J connectivity index is 1.74. The Hall–Kier alpha value is -3.05. The van der Waals surface area contributed by atoms with Crippen LogP contribution in [0.1, 0.15) is 0 Å². The summed E-state index contributed by atoms with van der Waals surface area (Å²) in [5, 5.41) is 11.2. The van der Waals surface area contributed by atoms with Crippen LogP contribution >= 0.6 is 15.9 Å². The van der Waals surface area contributed by atoms with Crippen LogP contribution in [0.25, 0.3) is 22.0 Å². The molecule has 4 aromatic rings. The molecule has 0 atom stereocenters. The molecule has 0 aliphatic rings. The topological polar surface area (TPSA) is 62.3 Å². The number of hydrogen-bond donors (Lipinski definition) is 2. The van der Waals surface area contributed by atoms with Crippen LogP contribution in [0.3, 0.4) is 0 Å². The second kappa shape index (κ2) is 6.69. The highest BCUT2D eigenvalue weighted by Crippen LogP contribution is 2.34. The first kappa shape index (κ1) is 16.4. The summed E-state index contributed by atoms with van der Waals surface area (Å²) in [5.41, 5.74) is 1.10. The van der Waals surface area contributed by atoms with Gasteiger partial charge in [-0.05, 0) is 48.0 Å². The third kappa shape index (κ3) is 3.09. The first-order valence-corrected chi connectivity index (χ1v) is 8.79. The van der Waals surface area contributed by atoms with E-state index in [9.17, 15) is 9.90 Å². The Labute approximate surface area is 157 Å². The molecule has 0 spiro atoms. The number of ether oxygens (including phenoxy) is 1. The van der Waals surface area contributed by atoms with Crippen molar-refractivity contribution < 1.29 is 9.84 Å². The molecule has 4 nitrogen and oxygen atoms in total. The minimum atomic E-state index is -0.343. The van der Waals surface area contributed by atoms with E-state index in [1.54, 1.807) is 36.4 Å². The highest BCUT2D eigenvalue weighted by atomic mass is 79.9. The zero-order valence-corrected chi connectivity index (χ0v) is 15.2. The second-order valence-electron chi connectivity index (χ2n) is 5.81. The summed E-state index contributed by atoms with van der Waals surface area (Å²) < 4.78 is 6.59. The molecular weight excluding hydrogens is 394 g/mol. The lowest BCUT2D eigenvalue weighted by Gasteiger charge is -2.09. The van der Waals surface area contributed by atoms with Gasteiger partial charge >= 0.3 is 0 Å². The predicted molar refractivity (Wildman–Crippen MR) is 106 cm³/mol. The molecule has 5 heteroatoms. The lowest BCUT2D eigenvalue weighted by molar-refractivity contribution is 0.481. The van der Waals surface area contributed by atoms with Crippen LogP contribution in [-0.2, 0) is 0 Å². The molecule has 0 bridgehead atoms. The maximum absolute atomic E-state index is 12.5. The van der Waals surface area contributed by atoms with Gasteiger partial charge in [-0.1, -0.05) is 46.3 Å². The largest absolute Gasteiger partial charge is 0.506 e. The fourth-order valence-electron chi connectivity index (χ4n) is 2.84. The molecule has 0 aliphatic heterocycles. The zero-order valence-electron chi connectivity index (χ0n) is 13.6. The van der Waals surface area contributed by atoms with Gasteiger partial charge in [0.1, 0.15) is 17.2 Å². The average molecular weight is 408 g/mol. The Morgan fingerprint density at radius 1 is 0.885 bits per heavy atom. The van der Waals surface area contributed by atoms with Gasteiger partial charge in [0, 0.05) is 9.86 Å². The van der Waals surface area contributed by atoms with Crippen molar-refractivity contribution in [3.8, 4) is 28.4 Å². The first-order chi connectivity index (χ1) is 12.6. The minimum absolute atomic E-state index is 0.0343. The molecule has 2 N–H and O–H groups in total. The van der Waals surface area contributed by atoms with E-state index in [0.717, 1.165) is 10.2 Å². The van der Waals surface area contributed by atoms with E-state index in [1.807, 2.05) is 36.4 Å². The van der Waals surface area contributed by atoms with Gasteiger partial charge in [-0.2, -0.15) is 0 Å². The number of halogens is 1. The number of hydrogen-bond acceptors (Lipinski definition) is 3. The average Bonchev–Trinajstić information content (AvgIpc) is 2.63. The molecule has 1 aromatic heterocycles. The molecule has 0 fully saturated rings. The van der Waals surface area contributed by atoms with Crippen molar-refractivity contribution in [1.82, 2.24) is 4.98 Å². The van der Waals surface area contributed by atoms with Gasteiger partial charge in [0.15, 0.2) is 0 Å². The first-order valence-electron chi connectivity index (χ1n) is 8.00. The summed E-state index contributed by atoms with van der Waals surface area (Å²) in [6.07, 6.45) is 0. The normalized spacial score (nSPS) is 10.8. The Morgan fingerprint density at radius 2 is 1.58 bits per heavy atom. The van der Waals surface area contributed by atoms with Crippen LogP contribution in [0.15, 0.2) is 82.1 Å². The number of nitrogens with one attached hydrogen (secondary N) is 1. The molecular formula is C21H14BrNO3. The van der Waals surface area contributed by atoms with E-state index in [2.05, 4.69) is 20.9 Å². The molecule has 26 heavy (non-hydrogen) atoms. The summed E-state index contributed by atoms with van der Waals surface area (Å²) in [6, 6.07) is 21.9. The summed E-state index contributed by atoms with van der Waals surface area (Å²) >= 11 is 3.36. The number of H-pyrrole nitrogens is 1. The van der Waals surface area contributed by atoms with Gasteiger partial charge in [-0.3, -0.25) is 4.79 Å². The Bertz CT molecular complexity index is 1140. The summed E-state index contributed by atoms with van der Waals surface area (Å²) in [7, 11) is 0. The molecule has 4 rings (SSSR count). The Kier molecular flexibility index (Phi) is 4.22. The molecule has 1 heterocycles. The fraction of sp³-hybridized carbons (Fsp3) is 0. The third-order valence-electron chi connectivity index (χ3n) is 4.07. The van der Waals surface area contributed by atoms with E-state index >= 15 is 0 Å². The molecule has 0 unspecified atom stereocenters. The van der Waals surface area contributed by atoms with E-state index in [1.165, 1.54) is 0 Å². The molecule has 0 radical (unpaired) electrons. The van der Waals surface area contributed by atoms with Crippen LogP contribution in [0.2, 0.25) is 0 Å². The van der Waals surface area contributed by atoms with Gasteiger partial charge in [-0.25, -0.2) is 0 Å². The zero-order chi connectivity index (χ0) is 18.1. The summed E-state index contributed by atoms with van der Waals surface area (Å²) in [6.45, 7) is 0. The number of rotatable bonds is 3. The van der Waals surface area contributed by atoms with Gasteiger partial charge in [0.05, 0.1) is 11.1 Å². The summed E-state index contributed by atoms with van der Waals surface area (Å²) in [5.74, 6) is 1.35. The smallest absolute Gasteiger partial charge is 0.260 e. The van der Waals surface area contributed by atoms with Crippen molar-refractivity contribution in [3.05, 3.63) is 87.6 Å². The molecule has 128 valence electrons. The number of pyridine rings is 1. The number of aromatic nitrogens is 1. The van der Waals surface area contributed by atoms with Gasteiger partial charge < -0.3 is 14.8 Å². The lowest BCUT2D eigenvalue weighted by atomic mass is 10.0. The third-order valence-corrected chi connectivity index (χ3v) is 4.56. The van der Waals surface area contributed by atoms with Gasteiger partial charge in [0.25, 0.3) is 5.56 Å². The summed E-state index contributed by atoms with van der Waals surface area (Å²) in [4.78, 5) is 15.3. The van der Waals surface area contributed by atoms with E-state index in [-0.39, 0.29) is 16.9 Å². The number of fused-ring (bicyclic) bond motifs is 1. The van der Waals surface area contributed by atoms with E-state index in [4.69, 9.17) is 4.74 Å². The highest BCUT2D eigenvalue weighted by molar-refractivity contribution is 9.10. The molecule has 0 amide bonds. The second-order valence-corrected chi connectivity index (χ2v) is 6.72. The Morgan fingerprint density at radius 3 is 2.31 bits per heavy atom. The van der Waals surface area contributed by atoms with Crippen molar-refractivity contribution in [2.75, 3.05) is 0 Å². The maximum Gasteiger partial charge on any atom is 0.260 e. The van der Waals surface area contributed by atoms with Crippen LogP contribution in [0.5, 0.6) is 17.2 Å². The monoisotopic (exact) mass is 407 g/mol. The van der Waals surface area contributed by atoms with Crippen LogP contribution in [-0.4, -0.2) is 10.1 Å². The number of para-hydroxylation sites is 1. The van der Waals surface area contributed by atoms with Gasteiger partial charge in [0.2, 0.25) is 0 Å². The van der Waals surface area contributed by atoms with E-state index in [0.29, 0.717) is 22.2 Å². The molecule has 3 aromatic carbocycles. The van der Waals surface area contributed by atoms with Crippen LogP contribution < -0.4 is 10.3 Å². The van der Waals surface area contributed by atoms with E-state index < -0.39 is 0 Å². The molecule has 0 saturated carbocycles. The molecule has 0 saturated heterocycles. The van der Waals surface area contributed by atoms with Crippen LogP contribution in [0.4, 0.5) is 0 Å². The molecule has 0 aliphatic carbocycles. The number of aromatic amines is 1. The highest BCUT2D eigenvalue weighted by Gasteiger charge is 2.14. The van der Waals surface area contributed by atoms with Crippen molar-refractivity contribution in [2.45, 2.75) is 0 Å². The number of aromatic hydroxyl groups is 1. The minimum Gasteiger partial charge on any atom is -0.506 e.